The van der Waals surface area contributed by atoms with Gasteiger partial charge in [0.15, 0.2) is 9.84 Å². The number of carbonyl (C=O) groups excluding carboxylic acids is 1. The van der Waals surface area contributed by atoms with Crippen molar-refractivity contribution in [1.29, 1.82) is 0 Å². The summed E-state index contributed by atoms with van der Waals surface area (Å²) in [6.45, 7) is 2.10. The van der Waals surface area contributed by atoms with Crippen LogP contribution in [-0.4, -0.2) is 50.2 Å². The molecule has 1 fully saturated rings. The lowest BCUT2D eigenvalue weighted by atomic mass is 10.2. The zero-order valence-electron chi connectivity index (χ0n) is 14.8. The molecule has 1 saturated heterocycles. The summed E-state index contributed by atoms with van der Waals surface area (Å²) >= 11 is 0. The number of amides is 1. The van der Waals surface area contributed by atoms with Gasteiger partial charge in [-0.1, -0.05) is 0 Å². The first kappa shape index (κ1) is 18.1. The van der Waals surface area contributed by atoms with E-state index in [0.29, 0.717) is 18.1 Å². The molecule has 26 heavy (non-hydrogen) atoms. The second-order valence-corrected chi connectivity index (χ2v) is 8.13. The monoisotopic (exact) mass is 376 g/mol. The summed E-state index contributed by atoms with van der Waals surface area (Å²) in [7, 11) is -1.90. The van der Waals surface area contributed by atoms with Gasteiger partial charge in [-0.15, -0.1) is 0 Å². The maximum absolute atomic E-state index is 12.4. The van der Waals surface area contributed by atoms with Gasteiger partial charge in [0.05, 0.1) is 19.3 Å². The van der Waals surface area contributed by atoms with E-state index in [-0.39, 0.29) is 29.1 Å². The van der Waals surface area contributed by atoms with E-state index in [9.17, 15) is 13.2 Å². The number of aromatic nitrogens is 2. The van der Waals surface area contributed by atoms with Crippen molar-refractivity contribution < 1.29 is 17.9 Å². The average Bonchev–Trinajstić information content (AvgIpc) is 2.94. The lowest BCUT2D eigenvalue weighted by Gasteiger charge is -2.18. The topological polar surface area (TPSA) is 101 Å². The number of sulfone groups is 1. The largest absolute Gasteiger partial charge is 0.497 e. The Labute approximate surface area is 152 Å². The molecule has 1 unspecified atom stereocenters. The minimum absolute atomic E-state index is 0.0263. The maximum Gasteiger partial charge on any atom is 0.229 e. The average molecular weight is 376 g/mol. The predicted octanol–water partition coefficient (Wildman–Crippen LogP) is 1.41. The van der Waals surface area contributed by atoms with E-state index >= 15 is 0 Å². The Balaban J connectivity index is 1.80. The smallest absolute Gasteiger partial charge is 0.229 e. The van der Waals surface area contributed by atoms with Crippen molar-refractivity contribution in [2.75, 3.05) is 30.1 Å². The number of carbonyl (C=O) groups is 1. The molecule has 0 spiro atoms. The molecule has 1 amide bonds. The number of hydrogen-bond donors (Lipinski definition) is 1. The first-order valence-electron chi connectivity index (χ1n) is 8.02. The number of benzene rings is 1. The molecule has 2 heterocycles. The number of anilines is 2. The van der Waals surface area contributed by atoms with Crippen LogP contribution in [0.2, 0.25) is 0 Å². The Hall–Kier alpha value is -2.68. The Kier molecular flexibility index (Phi) is 4.82. The molecule has 0 radical (unpaired) electrons. The fourth-order valence-corrected chi connectivity index (χ4v) is 3.54. The van der Waals surface area contributed by atoms with E-state index < -0.39 is 9.84 Å². The van der Waals surface area contributed by atoms with Crippen molar-refractivity contribution in [2.24, 2.45) is 0 Å². The molecular formula is C17H20N4O4S. The standard InChI is InChI=1S/C17H20N4O4S/c1-11-18-9-15(26(3,23)24)17(19-11)20-12-8-16(22)21(10-12)13-4-6-14(25-2)7-5-13/h4-7,9,12H,8,10H2,1-3H3,(H,18,19,20). The molecule has 0 bridgehead atoms. The van der Waals surface area contributed by atoms with Crippen LogP contribution in [0.25, 0.3) is 0 Å². The quantitative estimate of drug-likeness (QED) is 0.842. The molecule has 9 heteroatoms. The highest BCUT2D eigenvalue weighted by molar-refractivity contribution is 7.90. The van der Waals surface area contributed by atoms with Crippen LogP contribution < -0.4 is 15.0 Å². The van der Waals surface area contributed by atoms with E-state index in [2.05, 4.69) is 15.3 Å². The van der Waals surface area contributed by atoms with Gasteiger partial charge in [-0.25, -0.2) is 18.4 Å². The van der Waals surface area contributed by atoms with E-state index in [1.807, 2.05) is 12.1 Å². The first-order chi connectivity index (χ1) is 12.3. The molecule has 8 nitrogen and oxygen atoms in total. The van der Waals surface area contributed by atoms with Crippen LogP contribution in [0, 0.1) is 6.92 Å². The lowest BCUT2D eigenvalue weighted by Crippen LogP contribution is -2.28. The molecule has 0 saturated carbocycles. The van der Waals surface area contributed by atoms with Crippen molar-refractivity contribution in [3.63, 3.8) is 0 Å². The van der Waals surface area contributed by atoms with Crippen molar-refractivity contribution in [1.82, 2.24) is 9.97 Å². The third kappa shape index (κ3) is 3.77. The van der Waals surface area contributed by atoms with Crippen LogP contribution >= 0.6 is 0 Å². The third-order valence-electron chi connectivity index (χ3n) is 4.13. The zero-order valence-corrected chi connectivity index (χ0v) is 15.6. The number of hydrogen-bond acceptors (Lipinski definition) is 7. The molecule has 1 aliphatic heterocycles. The Morgan fingerprint density at radius 2 is 1.96 bits per heavy atom. The summed E-state index contributed by atoms with van der Waals surface area (Å²) < 4.78 is 29.0. The van der Waals surface area contributed by atoms with Gasteiger partial charge in [0.2, 0.25) is 5.91 Å². The Bertz CT molecular complexity index is 928. The molecule has 1 N–H and O–H groups in total. The molecule has 1 aromatic heterocycles. The van der Waals surface area contributed by atoms with E-state index in [1.165, 1.54) is 6.20 Å². The number of rotatable bonds is 5. The highest BCUT2D eigenvalue weighted by Crippen LogP contribution is 2.27. The highest BCUT2D eigenvalue weighted by Gasteiger charge is 2.32. The SMILES string of the molecule is COc1ccc(N2CC(Nc3nc(C)ncc3S(C)(=O)=O)CC2=O)cc1. The Morgan fingerprint density at radius 3 is 2.58 bits per heavy atom. The molecule has 3 rings (SSSR count). The molecule has 1 atom stereocenters. The third-order valence-corrected chi connectivity index (χ3v) is 5.22. The number of nitrogens with zero attached hydrogens (tertiary/aromatic N) is 3. The summed E-state index contributed by atoms with van der Waals surface area (Å²) in [5.74, 6) is 1.36. The molecule has 0 aliphatic carbocycles. The van der Waals surface area contributed by atoms with Crippen molar-refractivity contribution in [3.05, 3.63) is 36.3 Å². The number of nitrogens with one attached hydrogen (secondary N) is 1. The first-order valence-corrected chi connectivity index (χ1v) is 9.91. The fourth-order valence-electron chi connectivity index (χ4n) is 2.84. The summed E-state index contributed by atoms with van der Waals surface area (Å²) in [6.07, 6.45) is 2.64. The van der Waals surface area contributed by atoms with Gasteiger partial charge in [-0.3, -0.25) is 4.79 Å². The van der Waals surface area contributed by atoms with Crippen molar-refractivity contribution in [3.8, 4) is 5.75 Å². The minimum atomic E-state index is -3.48. The summed E-state index contributed by atoms with van der Waals surface area (Å²) in [4.78, 5) is 22.2. The molecular weight excluding hydrogens is 356 g/mol. The summed E-state index contributed by atoms with van der Waals surface area (Å²) in [5, 5.41) is 3.09. The highest BCUT2D eigenvalue weighted by atomic mass is 32.2. The van der Waals surface area contributed by atoms with Crippen LogP contribution in [0.1, 0.15) is 12.2 Å². The Morgan fingerprint density at radius 1 is 1.27 bits per heavy atom. The van der Waals surface area contributed by atoms with Crippen LogP contribution in [0.15, 0.2) is 35.4 Å². The number of aryl methyl sites for hydroxylation is 1. The van der Waals surface area contributed by atoms with Gasteiger partial charge in [0.25, 0.3) is 0 Å². The van der Waals surface area contributed by atoms with Crippen LogP contribution in [-0.2, 0) is 14.6 Å². The number of ether oxygens (including phenoxy) is 1. The molecule has 138 valence electrons. The van der Waals surface area contributed by atoms with Gasteiger partial charge in [0.1, 0.15) is 22.3 Å². The second kappa shape index (κ2) is 6.91. The van der Waals surface area contributed by atoms with Crippen LogP contribution in [0.3, 0.4) is 0 Å². The number of methoxy groups -OCH3 is 1. The molecule has 2 aromatic rings. The van der Waals surface area contributed by atoms with Crippen molar-refractivity contribution in [2.45, 2.75) is 24.3 Å². The zero-order chi connectivity index (χ0) is 18.9. The van der Waals surface area contributed by atoms with Crippen molar-refractivity contribution >= 4 is 27.2 Å². The maximum atomic E-state index is 12.4. The van der Waals surface area contributed by atoms with E-state index in [1.54, 1.807) is 31.1 Å². The van der Waals surface area contributed by atoms with Gasteiger partial charge in [-0.05, 0) is 31.2 Å². The second-order valence-electron chi connectivity index (χ2n) is 6.15. The lowest BCUT2D eigenvalue weighted by molar-refractivity contribution is -0.117. The minimum Gasteiger partial charge on any atom is -0.497 e. The van der Waals surface area contributed by atoms with Crippen LogP contribution in [0.5, 0.6) is 5.75 Å². The van der Waals surface area contributed by atoms with E-state index in [0.717, 1.165) is 11.9 Å². The van der Waals surface area contributed by atoms with Gasteiger partial charge in [0, 0.05) is 24.9 Å². The fraction of sp³-hybridized carbons (Fsp3) is 0.353. The van der Waals surface area contributed by atoms with E-state index in [4.69, 9.17) is 4.74 Å². The van der Waals surface area contributed by atoms with Gasteiger partial charge in [-0.2, -0.15) is 0 Å². The predicted molar refractivity (Wildman–Crippen MR) is 97.3 cm³/mol. The molecule has 1 aliphatic rings. The van der Waals surface area contributed by atoms with Gasteiger partial charge < -0.3 is 15.0 Å². The normalized spacial score (nSPS) is 17.4. The summed E-state index contributed by atoms with van der Waals surface area (Å²) in [6, 6.07) is 6.96. The van der Waals surface area contributed by atoms with Crippen LogP contribution in [0.4, 0.5) is 11.5 Å². The molecule has 1 aromatic carbocycles. The summed E-state index contributed by atoms with van der Waals surface area (Å²) in [5.41, 5.74) is 0.766. The van der Waals surface area contributed by atoms with Gasteiger partial charge >= 0.3 is 0 Å².